The Labute approximate surface area is 464 Å². The number of carbonyl (C=O) groups is 7. The van der Waals surface area contributed by atoms with Crippen LogP contribution in [0.2, 0.25) is 0 Å². The van der Waals surface area contributed by atoms with Gasteiger partial charge in [-0.2, -0.15) is 11.8 Å². The molecule has 9 amide bonds. The molecule has 1 aromatic carbocycles. The van der Waals surface area contributed by atoms with E-state index in [2.05, 4.69) is 47.5 Å². The number of ether oxygens (including phenoxy) is 4. The number of hydrogen-bond donors (Lipinski definition) is 8. The van der Waals surface area contributed by atoms with Gasteiger partial charge in [-0.05, 0) is 82.2 Å². The zero-order valence-corrected chi connectivity index (χ0v) is 45.8. The molecule has 8 rings (SSSR count). The molecule has 6 aliphatic rings. The topological polar surface area (TPSA) is 272 Å². The van der Waals surface area contributed by atoms with Gasteiger partial charge in [0.05, 0.1) is 61.0 Å². The Morgan fingerprint density at radius 2 is 1.50 bits per heavy atom. The van der Waals surface area contributed by atoms with E-state index < -0.39 is 0 Å². The van der Waals surface area contributed by atoms with Crippen LogP contribution in [0.25, 0.3) is 0 Å². The molecular formula is C54H75N11O11S2. The summed E-state index contributed by atoms with van der Waals surface area (Å²) in [6.07, 6.45) is 12.2. The molecule has 24 heteroatoms. The summed E-state index contributed by atoms with van der Waals surface area (Å²) in [7, 11) is 0. The minimum Gasteiger partial charge on any atom is -0.456 e. The van der Waals surface area contributed by atoms with E-state index >= 15 is 0 Å². The van der Waals surface area contributed by atoms with E-state index in [0.29, 0.717) is 144 Å². The van der Waals surface area contributed by atoms with Crippen molar-refractivity contribution < 1.29 is 52.5 Å². The highest BCUT2D eigenvalue weighted by molar-refractivity contribution is 8.04. The highest BCUT2D eigenvalue weighted by atomic mass is 32.2. The first-order valence-electron chi connectivity index (χ1n) is 27.5. The zero-order valence-electron chi connectivity index (χ0n) is 44.1. The molecule has 424 valence electrons. The highest BCUT2D eigenvalue weighted by Crippen LogP contribution is 2.48. The Kier molecular flexibility index (Phi) is 22.7. The lowest BCUT2D eigenvalue weighted by atomic mass is 9.86. The summed E-state index contributed by atoms with van der Waals surface area (Å²) in [6.45, 7) is 5.50. The van der Waals surface area contributed by atoms with Crippen molar-refractivity contribution in [2.24, 2.45) is 5.92 Å². The summed E-state index contributed by atoms with van der Waals surface area (Å²) >= 11 is 3.31. The molecule has 7 atom stereocenters. The number of likely N-dealkylation sites (tertiary alicyclic amines) is 1. The maximum Gasteiger partial charge on any atom is 0.327 e. The standard InChI is InChI=1S/C54H75N11O11S2/c66-43(15-5-4-14-41-48-39(35-77-41)61-53(71)62-48)56-23-9-27-73-29-31-75-32-30-74-28-10-24-57-45(68)17-6-16-44(67)55-22-7-18-46(69)64-26-8-11-36(34-64)60-51(70)50-49-47-40(21-25-58-52(47)78-50)65(54(72)63-49)42-20-19-38(33-59-42)76-37-12-2-1-3-13-37/h1-3,7,12-13,18-20,33,36,39-41,47-48,52,58H,4-6,8-11,14-17,21-32,34-35H2,(H,55,67)(H,56,66)(H,57,68)(H,60,70)(H,63,72)(H2,61,62,71)/b18-7+/t36?,39-,40?,41-,47?,48?,52?/m1/s1. The summed E-state index contributed by atoms with van der Waals surface area (Å²) in [5.74, 6) is 1.74. The van der Waals surface area contributed by atoms with Crippen LogP contribution in [0.1, 0.15) is 77.0 Å². The molecule has 5 unspecified atom stereocenters. The van der Waals surface area contributed by atoms with Crippen molar-refractivity contribution in [3.8, 4) is 11.5 Å². The fourth-order valence-electron chi connectivity index (χ4n) is 10.4. The van der Waals surface area contributed by atoms with E-state index in [4.69, 9.17) is 18.9 Å². The van der Waals surface area contributed by atoms with E-state index in [1.165, 1.54) is 17.8 Å². The van der Waals surface area contributed by atoms with Gasteiger partial charge in [0, 0.05) is 99.9 Å². The van der Waals surface area contributed by atoms with Crippen LogP contribution in [0.3, 0.4) is 0 Å². The van der Waals surface area contributed by atoms with Gasteiger partial charge in [0.1, 0.15) is 17.3 Å². The third-order valence-corrected chi connectivity index (χ3v) is 17.1. The number of amides is 9. The van der Waals surface area contributed by atoms with Crippen LogP contribution < -0.4 is 52.2 Å². The third-order valence-electron chi connectivity index (χ3n) is 14.2. The molecule has 6 aliphatic heterocycles. The number of thioether (sulfide) groups is 2. The predicted octanol–water partition coefficient (Wildman–Crippen LogP) is 3.40. The average Bonchev–Trinajstić information content (AvgIpc) is 4.25. The zero-order chi connectivity index (χ0) is 54.5. The number of nitrogens with zero attached hydrogens (tertiary/aromatic N) is 3. The van der Waals surface area contributed by atoms with Gasteiger partial charge < -0.3 is 66.4 Å². The highest BCUT2D eigenvalue weighted by Gasteiger charge is 2.52. The summed E-state index contributed by atoms with van der Waals surface area (Å²) in [6, 6.07) is 12.5. The van der Waals surface area contributed by atoms with Crippen molar-refractivity contribution in [3.63, 3.8) is 0 Å². The number of benzene rings is 1. The quantitative estimate of drug-likeness (QED) is 0.0306. The van der Waals surface area contributed by atoms with Crippen molar-refractivity contribution in [2.45, 2.75) is 112 Å². The molecule has 0 spiro atoms. The Balaban J connectivity index is 0.601. The van der Waals surface area contributed by atoms with Crippen LogP contribution >= 0.6 is 23.5 Å². The molecular weight excluding hydrogens is 1040 g/mol. The monoisotopic (exact) mass is 1120 g/mol. The minimum absolute atomic E-state index is 0.0541. The third kappa shape index (κ3) is 17.3. The van der Waals surface area contributed by atoms with Crippen molar-refractivity contribution in [1.29, 1.82) is 0 Å². The van der Waals surface area contributed by atoms with Gasteiger partial charge in [0.2, 0.25) is 23.6 Å². The molecule has 0 radical (unpaired) electrons. The number of aromatic nitrogens is 1. The number of anilines is 1. The molecule has 8 N–H and O–H groups in total. The predicted molar refractivity (Wildman–Crippen MR) is 295 cm³/mol. The van der Waals surface area contributed by atoms with Crippen LogP contribution in [0, 0.1) is 5.92 Å². The fourth-order valence-corrected chi connectivity index (χ4v) is 13.3. The number of piperidine rings is 2. The van der Waals surface area contributed by atoms with E-state index in [-0.39, 0.29) is 96.4 Å². The Morgan fingerprint density at radius 3 is 2.23 bits per heavy atom. The summed E-state index contributed by atoms with van der Waals surface area (Å²) in [5.41, 5.74) is 0.614. The van der Waals surface area contributed by atoms with Crippen LogP contribution in [-0.2, 0) is 38.2 Å². The Bertz CT molecular complexity index is 2420. The summed E-state index contributed by atoms with van der Waals surface area (Å²) in [4.78, 5) is 97.5. The minimum atomic E-state index is -0.345. The number of nitrogens with one attached hydrogen (secondary N) is 8. The second kappa shape index (κ2) is 30.4. The Hall–Kier alpha value is -5.92. The second-order valence-corrected chi connectivity index (χ2v) is 22.4. The van der Waals surface area contributed by atoms with Crippen LogP contribution in [0.15, 0.2) is 71.4 Å². The fraction of sp³-hybridized carbons (Fsp3) is 0.593. The molecule has 2 aromatic rings. The normalized spacial score (nSPS) is 23.3. The molecule has 5 saturated heterocycles. The smallest absolute Gasteiger partial charge is 0.327 e. The van der Waals surface area contributed by atoms with E-state index in [1.54, 1.807) is 34.2 Å². The molecule has 22 nitrogen and oxygen atoms in total. The first-order valence-corrected chi connectivity index (χ1v) is 29.4. The molecule has 78 heavy (non-hydrogen) atoms. The van der Waals surface area contributed by atoms with E-state index in [9.17, 15) is 33.6 Å². The maximum absolute atomic E-state index is 13.9. The largest absolute Gasteiger partial charge is 0.456 e. The van der Waals surface area contributed by atoms with E-state index in [1.807, 2.05) is 42.1 Å². The summed E-state index contributed by atoms with van der Waals surface area (Å²) < 4.78 is 22.6. The number of unbranched alkanes of at least 4 members (excludes halogenated alkanes) is 1. The first kappa shape index (κ1) is 58.2. The number of pyridine rings is 1. The molecule has 0 saturated carbocycles. The molecule has 0 bridgehead atoms. The van der Waals surface area contributed by atoms with Crippen molar-refractivity contribution in [1.82, 2.24) is 52.4 Å². The van der Waals surface area contributed by atoms with Crippen LogP contribution in [0.5, 0.6) is 11.5 Å². The Morgan fingerprint density at radius 1 is 0.782 bits per heavy atom. The number of rotatable bonds is 31. The number of urea groups is 2. The van der Waals surface area contributed by atoms with Crippen molar-refractivity contribution in [3.05, 3.63) is 71.4 Å². The van der Waals surface area contributed by atoms with Gasteiger partial charge in [0.15, 0.2) is 0 Å². The summed E-state index contributed by atoms with van der Waals surface area (Å²) in [5, 5.41) is 24.5. The van der Waals surface area contributed by atoms with Gasteiger partial charge in [-0.1, -0.05) is 42.5 Å². The SMILES string of the molecule is O=C(CCCC(=O)NCCCOCCOCCOCCCNC(=O)CCCC[C@H]1SC[C@H]2NC(=O)NC21)NC/C=C/C(=O)N1CCCC(NC(=O)C2=C3NC(=O)N(c4ccc(Oc5ccccc5)cn4)C4CCNC(S2)C34)C1. The first-order chi connectivity index (χ1) is 38.1. The van der Waals surface area contributed by atoms with Gasteiger partial charge in [0.25, 0.3) is 5.91 Å². The molecule has 7 heterocycles. The van der Waals surface area contributed by atoms with Gasteiger partial charge in [-0.15, -0.1) is 0 Å². The van der Waals surface area contributed by atoms with Gasteiger partial charge in [-0.3, -0.25) is 28.9 Å². The number of hydrogen-bond acceptors (Lipinski definition) is 15. The average molecular weight is 1120 g/mol. The molecule has 1 aromatic heterocycles. The lowest BCUT2D eigenvalue weighted by Gasteiger charge is -2.45. The van der Waals surface area contributed by atoms with E-state index in [0.717, 1.165) is 31.4 Å². The van der Waals surface area contributed by atoms with Crippen LogP contribution in [0.4, 0.5) is 15.4 Å². The van der Waals surface area contributed by atoms with Crippen molar-refractivity contribution >= 4 is 70.9 Å². The lowest BCUT2D eigenvalue weighted by Crippen LogP contribution is -2.62. The van der Waals surface area contributed by atoms with Crippen LogP contribution in [-0.4, -0.2) is 171 Å². The van der Waals surface area contributed by atoms with Gasteiger partial charge in [-0.25, -0.2) is 14.6 Å². The number of carbonyl (C=O) groups excluding carboxylic acids is 7. The maximum atomic E-state index is 13.9. The molecule has 5 fully saturated rings. The number of para-hydroxylation sites is 1. The second-order valence-electron chi connectivity index (χ2n) is 20.0. The molecule has 0 aliphatic carbocycles. The van der Waals surface area contributed by atoms with Gasteiger partial charge >= 0.3 is 12.1 Å². The number of fused-ring (bicyclic) bond motifs is 1. The lowest BCUT2D eigenvalue weighted by molar-refractivity contribution is -0.128. The van der Waals surface area contributed by atoms with Crippen molar-refractivity contribution in [2.75, 3.05) is 89.6 Å².